The lowest BCUT2D eigenvalue weighted by molar-refractivity contribution is 0.0697. The van der Waals surface area contributed by atoms with Crippen LogP contribution in [0, 0.1) is 0 Å². The number of carboxylic acids is 1. The van der Waals surface area contributed by atoms with Gasteiger partial charge in [-0.1, -0.05) is 6.07 Å². The number of aliphatic hydroxyl groups excluding tert-OH is 1. The first-order chi connectivity index (χ1) is 8.24. The van der Waals surface area contributed by atoms with Crippen LogP contribution in [0.3, 0.4) is 0 Å². The summed E-state index contributed by atoms with van der Waals surface area (Å²) in [6, 6.07) is 6.78. The molecule has 0 atom stereocenters. The molecule has 0 aliphatic rings. The molecule has 0 aliphatic carbocycles. The highest BCUT2D eigenvalue weighted by Gasteiger charge is 2.02. The van der Waals surface area contributed by atoms with E-state index < -0.39 is 5.97 Å². The van der Waals surface area contributed by atoms with Gasteiger partial charge in [-0.15, -0.1) is 0 Å². The SMILES string of the molecule is O=C(O)c1cccc(NCCSCCCO)c1. The van der Waals surface area contributed by atoms with E-state index in [0.717, 1.165) is 30.2 Å². The first-order valence-electron chi connectivity index (χ1n) is 5.50. The summed E-state index contributed by atoms with van der Waals surface area (Å²) >= 11 is 1.77. The summed E-state index contributed by atoms with van der Waals surface area (Å²) in [5.41, 5.74) is 1.12. The monoisotopic (exact) mass is 255 g/mol. The van der Waals surface area contributed by atoms with Crippen LogP contribution < -0.4 is 5.32 Å². The maximum atomic E-state index is 10.7. The van der Waals surface area contributed by atoms with Crippen LogP contribution in [-0.4, -0.2) is 40.8 Å². The molecule has 0 spiro atoms. The van der Waals surface area contributed by atoms with Gasteiger partial charge < -0.3 is 15.5 Å². The second-order valence-electron chi connectivity index (χ2n) is 3.50. The minimum absolute atomic E-state index is 0.237. The van der Waals surface area contributed by atoms with Crippen molar-refractivity contribution in [2.75, 3.05) is 30.0 Å². The topological polar surface area (TPSA) is 69.6 Å². The number of hydrogen-bond donors (Lipinski definition) is 3. The summed E-state index contributed by atoms with van der Waals surface area (Å²) in [5.74, 6) is 0.982. The highest BCUT2D eigenvalue weighted by Crippen LogP contribution is 2.11. The van der Waals surface area contributed by atoms with Crippen LogP contribution in [0.15, 0.2) is 24.3 Å². The second kappa shape index (κ2) is 7.97. The van der Waals surface area contributed by atoms with Gasteiger partial charge in [0.25, 0.3) is 0 Å². The molecule has 5 heteroatoms. The van der Waals surface area contributed by atoms with E-state index in [-0.39, 0.29) is 6.61 Å². The van der Waals surface area contributed by atoms with Crippen LogP contribution in [0.2, 0.25) is 0 Å². The Labute approximate surface area is 105 Å². The van der Waals surface area contributed by atoms with Crippen molar-refractivity contribution in [2.24, 2.45) is 0 Å². The Morgan fingerprint density at radius 2 is 2.18 bits per heavy atom. The Morgan fingerprint density at radius 3 is 2.88 bits per heavy atom. The second-order valence-corrected chi connectivity index (χ2v) is 4.73. The maximum Gasteiger partial charge on any atom is 0.335 e. The molecule has 17 heavy (non-hydrogen) atoms. The molecule has 0 aromatic heterocycles. The molecule has 0 amide bonds. The highest BCUT2D eigenvalue weighted by atomic mass is 32.2. The van der Waals surface area contributed by atoms with Crippen molar-refractivity contribution < 1.29 is 15.0 Å². The minimum Gasteiger partial charge on any atom is -0.478 e. The third-order valence-corrected chi connectivity index (χ3v) is 3.20. The molecule has 0 aliphatic heterocycles. The molecule has 0 saturated carbocycles. The summed E-state index contributed by atoms with van der Waals surface area (Å²) in [7, 11) is 0. The zero-order chi connectivity index (χ0) is 12.5. The number of benzene rings is 1. The molecule has 1 rings (SSSR count). The summed E-state index contributed by atoms with van der Waals surface area (Å²) in [6.07, 6.45) is 0.819. The average molecular weight is 255 g/mol. The molecule has 3 N–H and O–H groups in total. The molecular weight excluding hydrogens is 238 g/mol. The Balaban J connectivity index is 2.27. The molecule has 4 nitrogen and oxygen atoms in total. The van der Waals surface area contributed by atoms with Gasteiger partial charge in [0.2, 0.25) is 0 Å². The van der Waals surface area contributed by atoms with Crippen LogP contribution >= 0.6 is 11.8 Å². The highest BCUT2D eigenvalue weighted by molar-refractivity contribution is 7.99. The maximum absolute atomic E-state index is 10.7. The van der Waals surface area contributed by atoms with Crippen LogP contribution in [0.1, 0.15) is 16.8 Å². The smallest absolute Gasteiger partial charge is 0.335 e. The number of carbonyl (C=O) groups is 1. The van der Waals surface area contributed by atoms with Gasteiger partial charge in [0.05, 0.1) is 5.56 Å². The summed E-state index contributed by atoms with van der Waals surface area (Å²) in [4.78, 5) is 10.7. The van der Waals surface area contributed by atoms with Crippen LogP contribution in [0.4, 0.5) is 5.69 Å². The van der Waals surface area contributed by atoms with Crippen molar-refractivity contribution >= 4 is 23.4 Å². The molecule has 0 saturated heterocycles. The largest absolute Gasteiger partial charge is 0.478 e. The van der Waals surface area contributed by atoms with Gasteiger partial charge in [0, 0.05) is 24.6 Å². The summed E-state index contributed by atoms with van der Waals surface area (Å²) in [6.45, 7) is 1.03. The number of aliphatic hydroxyl groups is 1. The third-order valence-electron chi connectivity index (χ3n) is 2.13. The first kappa shape index (κ1) is 13.9. The first-order valence-corrected chi connectivity index (χ1v) is 6.65. The molecule has 0 radical (unpaired) electrons. The third kappa shape index (κ3) is 5.60. The number of rotatable bonds is 8. The molecular formula is C12H17NO3S. The molecule has 1 aromatic rings. The lowest BCUT2D eigenvalue weighted by Crippen LogP contribution is -2.06. The number of anilines is 1. The molecule has 0 unspecified atom stereocenters. The van der Waals surface area contributed by atoms with E-state index in [0.29, 0.717) is 5.56 Å². The molecule has 0 heterocycles. The summed E-state index contributed by atoms with van der Waals surface area (Å²) < 4.78 is 0. The molecule has 94 valence electrons. The minimum atomic E-state index is -0.911. The fraction of sp³-hybridized carbons (Fsp3) is 0.417. The van der Waals surface area contributed by atoms with Gasteiger partial charge >= 0.3 is 5.97 Å². The van der Waals surface area contributed by atoms with E-state index in [4.69, 9.17) is 10.2 Å². The van der Waals surface area contributed by atoms with E-state index >= 15 is 0 Å². The number of nitrogens with one attached hydrogen (secondary N) is 1. The Bertz CT molecular complexity index is 357. The Morgan fingerprint density at radius 1 is 1.35 bits per heavy atom. The zero-order valence-corrected chi connectivity index (χ0v) is 10.4. The van der Waals surface area contributed by atoms with Crippen LogP contribution in [0.5, 0.6) is 0 Å². The number of thioether (sulfide) groups is 1. The Kier molecular flexibility index (Phi) is 6.50. The predicted molar refractivity (Wildman–Crippen MR) is 70.9 cm³/mol. The van der Waals surface area contributed by atoms with Gasteiger partial charge in [-0.3, -0.25) is 0 Å². The number of carboxylic acid groups (broad SMARTS) is 1. The predicted octanol–water partition coefficient (Wildman–Crippen LogP) is 1.91. The van der Waals surface area contributed by atoms with Gasteiger partial charge in [-0.05, 0) is 30.4 Å². The summed E-state index contributed by atoms with van der Waals surface area (Å²) in [5, 5.41) is 20.6. The van der Waals surface area contributed by atoms with Gasteiger partial charge in [-0.25, -0.2) is 4.79 Å². The van der Waals surface area contributed by atoms with Gasteiger partial charge in [-0.2, -0.15) is 11.8 Å². The van der Waals surface area contributed by atoms with Crippen molar-refractivity contribution in [1.29, 1.82) is 0 Å². The standard InChI is InChI=1S/C12H17NO3S/c14-6-2-7-17-8-5-13-11-4-1-3-10(9-11)12(15)16/h1,3-4,9,13-14H,2,5-8H2,(H,15,16). The van der Waals surface area contributed by atoms with Crippen molar-refractivity contribution in [1.82, 2.24) is 0 Å². The van der Waals surface area contributed by atoms with E-state index in [2.05, 4.69) is 5.32 Å². The molecule has 1 aromatic carbocycles. The van der Waals surface area contributed by atoms with Crippen molar-refractivity contribution in [3.05, 3.63) is 29.8 Å². The normalized spacial score (nSPS) is 10.2. The lowest BCUT2D eigenvalue weighted by Gasteiger charge is -2.06. The van der Waals surface area contributed by atoms with E-state index in [9.17, 15) is 4.79 Å². The van der Waals surface area contributed by atoms with Gasteiger partial charge in [0.1, 0.15) is 0 Å². The van der Waals surface area contributed by atoms with Gasteiger partial charge in [0.15, 0.2) is 0 Å². The molecule has 0 bridgehead atoms. The average Bonchev–Trinajstić information content (AvgIpc) is 2.34. The number of aromatic carboxylic acids is 1. The van der Waals surface area contributed by atoms with Crippen molar-refractivity contribution in [3.8, 4) is 0 Å². The van der Waals surface area contributed by atoms with Crippen molar-refractivity contribution in [2.45, 2.75) is 6.42 Å². The fourth-order valence-corrected chi connectivity index (χ4v) is 2.08. The fourth-order valence-electron chi connectivity index (χ4n) is 1.30. The van der Waals surface area contributed by atoms with Crippen LogP contribution in [0.25, 0.3) is 0 Å². The van der Waals surface area contributed by atoms with Crippen LogP contribution in [-0.2, 0) is 0 Å². The van der Waals surface area contributed by atoms with E-state index in [1.165, 1.54) is 0 Å². The quantitative estimate of drug-likeness (QED) is 0.619. The number of hydrogen-bond acceptors (Lipinski definition) is 4. The molecule has 0 fully saturated rings. The van der Waals surface area contributed by atoms with Crippen molar-refractivity contribution in [3.63, 3.8) is 0 Å². The van der Waals surface area contributed by atoms with E-state index in [1.54, 1.807) is 30.0 Å². The van der Waals surface area contributed by atoms with E-state index in [1.807, 2.05) is 6.07 Å². The Hall–Kier alpha value is -1.20. The zero-order valence-electron chi connectivity index (χ0n) is 9.56. The lowest BCUT2D eigenvalue weighted by atomic mass is 10.2.